The monoisotopic (exact) mass is 1220 g/mol. The van der Waals surface area contributed by atoms with Crippen LogP contribution in [0.25, 0.3) is 161 Å². The predicted molar refractivity (Wildman–Crippen MR) is 387 cm³/mol. The fraction of sp³-hybridized carbons (Fsp3) is 0.0714. The third-order valence-electron chi connectivity index (χ3n) is 20.0. The number of nitrogens with zero attached hydrogens (tertiary/aromatic N) is 4. The number of halogens is 2. The summed E-state index contributed by atoms with van der Waals surface area (Å²) >= 11 is 3.66. The summed E-state index contributed by atoms with van der Waals surface area (Å²) in [7, 11) is 0. The second kappa shape index (κ2) is 19.4. The van der Waals surface area contributed by atoms with Crippen LogP contribution in [0.2, 0.25) is 0 Å². The molecular weight excluding hydrogens is 1170 g/mol. The van der Waals surface area contributed by atoms with Crippen molar-refractivity contribution in [3.8, 4) is 33.6 Å². The first-order chi connectivity index (χ1) is 45.0. The Morgan fingerprint density at radius 3 is 0.935 bits per heavy atom. The van der Waals surface area contributed by atoms with Gasteiger partial charge in [0.15, 0.2) is 0 Å². The van der Waals surface area contributed by atoms with Crippen molar-refractivity contribution < 1.29 is 8.78 Å². The molecule has 4 nitrogen and oxygen atoms in total. The Kier molecular flexibility index (Phi) is 11.2. The van der Waals surface area contributed by atoms with Crippen LogP contribution in [-0.4, -0.2) is 18.3 Å². The van der Waals surface area contributed by atoms with E-state index in [0.717, 1.165) is 132 Å². The highest BCUT2D eigenvalue weighted by Crippen LogP contribution is 2.58. The van der Waals surface area contributed by atoms with E-state index in [9.17, 15) is 0 Å². The third-order valence-corrected chi connectivity index (χ3v) is 22.3. The molecule has 19 rings (SSSR count). The van der Waals surface area contributed by atoms with Crippen LogP contribution in [0.1, 0.15) is 38.8 Å². The maximum atomic E-state index is 16.4. The lowest BCUT2D eigenvalue weighted by Gasteiger charge is -2.41. The van der Waals surface area contributed by atoms with Gasteiger partial charge in [0.1, 0.15) is 11.6 Å². The van der Waals surface area contributed by atoms with Crippen LogP contribution in [0.15, 0.2) is 267 Å². The molecule has 19 aromatic rings. The van der Waals surface area contributed by atoms with Gasteiger partial charge in [-0.15, -0.1) is 22.7 Å². The van der Waals surface area contributed by atoms with Gasteiger partial charge in [-0.25, -0.2) is 8.78 Å². The molecule has 0 atom stereocenters. The SMILES string of the molecule is CC(C)(c1c(-c2ccc(F)cc2)c(-n2c3ccccc3c3c4c(ccc32)sc2ccccc24)c(C(C)(C)n2c3ccccc3c3ccccc32)c(-n2c3ccccc3c3c4c(ccc32)sc2ccccc24)c1-c1ccc(F)cc1)n1c2ccccc2c2ccccc21. The number of fused-ring (bicyclic) bond motifs is 20. The van der Waals surface area contributed by atoms with Crippen LogP contribution in [0.4, 0.5) is 8.78 Å². The maximum Gasteiger partial charge on any atom is 0.123 e. The van der Waals surface area contributed by atoms with Crippen LogP contribution in [0, 0.1) is 11.6 Å². The topological polar surface area (TPSA) is 19.7 Å². The minimum absolute atomic E-state index is 0.333. The fourth-order valence-electron chi connectivity index (χ4n) is 16.5. The minimum Gasteiger partial charge on any atom is -0.331 e. The van der Waals surface area contributed by atoms with Gasteiger partial charge in [-0.05, 0) is 141 Å². The maximum absolute atomic E-state index is 16.4. The van der Waals surface area contributed by atoms with E-state index in [-0.39, 0.29) is 11.6 Å². The van der Waals surface area contributed by atoms with Gasteiger partial charge in [0.2, 0.25) is 0 Å². The first kappa shape index (κ1) is 53.2. The van der Waals surface area contributed by atoms with Crippen molar-refractivity contribution in [2.24, 2.45) is 0 Å². The molecule has 438 valence electrons. The highest BCUT2D eigenvalue weighted by Gasteiger charge is 2.44. The third kappa shape index (κ3) is 7.24. The number of para-hydroxylation sites is 6. The average Bonchev–Trinajstić information content (AvgIpc) is 1.40. The summed E-state index contributed by atoms with van der Waals surface area (Å²) in [6, 6.07) is 94.5. The Hall–Kier alpha value is -10.6. The summed E-state index contributed by atoms with van der Waals surface area (Å²) < 4.78 is 47.9. The van der Waals surface area contributed by atoms with Crippen molar-refractivity contribution in [2.45, 2.75) is 38.8 Å². The molecule has 13 aromatic carbocycles. The fourth-order valence-corrected chi connectivity index (χ4v) is 18.7. The Morgan fingerprint density at radius 1 is 0.261 bits per heavy atom. The molecule has 8 heteroatoms. The highest BCUT2D eigenvalue weighted by molar-refractivity contribution is 7.26. The van der Waals surface area contributed by atoms with Gasteiger partial charge < -0.3 is 18.3 Å². The van der Waals surface area contributed by atoms with Crippen LogP contribution in [0.5, 0.6) is 0 Å². The summed E-state index contributed by atoms with van der Waals surface area (Å²) in [6.45, 7) is 9.55. The smallest absolute Gasteiger partial charge is 0.123 e. The summed E-state index contributed by atoms with van der Waals surface area (Å²) in [4.78, 5) is 0. The first-order valence-corrected chi connectivity index (χ1v) is 33.1. The van der Waals surface area contributed by atoms with E-state index >= 15 is 8.78 Å². The van der Waals surface area contributed by atoms with Gasteiger partial charge in [-0.2, -0.15) is 0 Å². The minimum atomic E-state index is -1.000. The second-order valence-electron chi connectivity index (χ2n) is 25.6. The van der Waals surface area contributed by atoms with E-state index in [4.69, 9.17) is 0 Å². The molecule has 0 radical (unpaired) electrons. The van der Waals surface area contributed by atoms with E-state index < -0.39 is 11.1 Å². The van der Waals surface area contributed by atoms with E-state index in [1.165, 1.54) is 40.3 Å². The lowest BCUT2D eigenvalue weighted by atomic mass is 9.74. The van der Waals surface area contributed by atoms with Crippen LogP contribution in [0.3, 0.4) is 0 Å². The van der Waals surface area contributed by atoms with Crippen molar-refractivity contribution in [2.75, 3.05) is 0 Å². The van der Waals surface area contributed by atoms with E-state index in [1.807, 2.05) is 46.9 Å². The molecule has 0 saturated heterocycles. The summed E-state index contributed by atoms with van der Waals surface area (Å²) in [6.07, 6.45) is 0. The number of benzene rings is 13. The van der Waals surface area contributed by atoms with Crippen molar-refractivity contribution in [3.63, 3.8) is 0 Å². The molecule has 0 aliphatic heterocycles. The van der Waals surface area contributed by atoms with Gasteiger partial charge >= 0.3 is 0 Å². The van der Waals surface area contributed by atoms with Crippen molar-refractivity contribution >= 4 is 150 Å². The van der Waals surface area contributed by atoms with Crippen molar-refractivity contribution in [3.05, 3.63) is 290 Å². The number of rotatable bonds is 8. The Bertz CT molecular complexity index is 5980. The quantitative estimate of drug-likeness (QED) is 0.144. The average molecular weight is 1220 g/mol. The van der Waals surface area contributed by atoms with E-state index in [0.29, 0.717) is 0 Å². The van der Waals surface area contributed by atoms with E-state index in [1.54, 1.807) is 24.3 Å². The first-order valence-electron chi connectivity index (χ1n) is 31.5. The zero-order valence-electron chi connectivity index (χ0n) is 50.8. The molecule has 0 spiro atoms. The second-order valence-corrected chi connectivity index (χ2v) is 27.8. The van der Waals surface area contributed by atoms with Gasteiger partial charge in [-0.1, -0.05) is 170 Å². The Morgan fingerprint density at radius 2 is 0.565 bits per heavy atom. The Labute approximate surface area is 535 Å². The zero-order chi connectivity index (χ0) is 61.5. The molecule has 6 aromatic heterocycles. The normalized spacial score (nSPS) is 12.7. The van der Waals surface area contributed by atoms with Crippen molar-refractivity contribution in [1.82, 2.24) is 18.3 Å². The molecule has 92 heavy (non-hydrogen) atoms. The lowest BCUT2D eigenvalue weighted by molar-refractivity contribution is 0.455. The molecule has 0 fully saturated rings. The number of aromatic nitrogens is 4. The van der Waals surface area contributed by atoms with Gasteiger partial charge in [-0.3, -0.25) is 0 Å². The summed E-state index contributed by atoms with van der Waals surface area (Å²) in [5.74, 6) is -0.665. The molecular formula is C84H56F2N4S2. The molecule has 0 bridgehead atoms. The van der Waals surface area contributed by atoms with Crippen LogP contribution < -0.4 is 0 Å². The molecule has 6 heterocycles. The molecule has 0 amide bonds. The van der Waals surface area contributed by atoms with Gasteiger partial charge in [0.25, 0.3) is 0 Å². The number of hydrogen-bond acceptors (Lipinski definition) is 2. The number of thiophene rings is 2. The molecule has 0 aliphatic rings. The predicted octanol–water partition coefficient (Wildman–Crippen LogP) is 24.0. The molecule has 0 aliphatic carbocycles. The number of hydrogen-bond donors (Lipinski definition) is 0. The Balaban J connectivity index is 1.16. The molecule has 0 N–H and O–H groups in total. The zero-order valence-corrected chi connectivity index (χ0v) is 52.4. The van der Waals surface area contributed by atoms with Gasteiger partial charge in [0, 0.05) is 122 Å². The summed E-state index contributed by atoms with van der Waals surface area (Å²) in [5.41, 5.74) is 13.9. The van der Waals surface area contributed by atoms with Crippen molar-refractivity contribution in [1.29, 1.82) is 0 Å². The van der Waals surface area contributed by atoms with Gasteiger partial charge in [0.05, 0.1) is 44.5 Å². The van der Waals surface area contributed by atoms with E-state index in [2.05, 4.69) is 264 Å². The van der Waals surface area contributed by atoms with Crippen LogP contribution >= 0.6 is 22.7 Å². The molecule has 0 unspecified atom stereocenters. The largest absolute Gasteiger partial charge is 0.331 e. The summed E-state index contributed by atoms with van der Waals surface area (Å²) in [5, 5.41) is 14.0. The highest BCUT2D eigenvalue weighted by atomic mass is 32.1. The van der Waals surface area contributed by atoms with Crippen LogP contribution in [-0.2, 0) is 11.1 Å². The molecule has 0 saturated carbocycles. The lowest BCUT2D eigenvalue weighted by Crippen LogP contribution is -2.35. The standard InChI is InChI=1S/C84H56F2N4S2/c1-83(2,89-63-31-15-5-21-53(63)54-22-6-16-32-64(54)89)79-73(49-37-41-51(85)42-38-49)81(87-61-29-13-9-25-57(61)75-67(87)45-47-71-77(75)59-27-11-19-35-69(59)91-71)80(84(3,4)90-65-33-17-7-23-55(65)56-24-8-18-34-66(56)90)82(74(79)50-39-43-52(86)44-40-50)88-62-30-14-10-26-58(62)76-68(88)46-48-72-78(76)60-28-12-20-36-70(60)92-72/h5-48H,1-4H3.